The molecule has 0 aliphatic rings. The second-order valence-corrected chi connectivity index (χ2v) is 13.6. The first-order valence-corrected chi connectivity index (χ1v) is 16.8. The Hall–Kier alpha value is -3.25. The highest BCUT2D eigenvalue weighted by Crippen LogP contribution is 2.31. The number of nitrogens with zero attached hydrogens (tertiary/aromatic N) is 1. The molecule has 0 aliphatic heterocycles. The Morgan fingerprint density at radius 1 is 1.04 bits per heavy atom. The molecule has 12 nitrogen and oxygen atoms in total. The van der Waals surface area contributed by atoms with Crippen molar-refractivity contribution < 1.29 is 59.9 Å². The van der Waals surface area contributed by atoms with Gasteiger partial charge in [0.2, 0.25) is 10.0 Å². The van der Waals surface area contributed by atoms with Crippen LogP contribution in [0.15, 0.2) is 47.5 Å². The van der Waals surface area contributed by atoms with E-state index < -0.39 is 63.4 Å². The van der Waals surface area contributed by atoms with Gasteiger partial charge in [-0.1, -0.05) is 20.3 Å². The molecule has 2 aromatic carbocycles. The zero-order valence-corrected chi connectivity index (χ0v) is 26.2. The molecule has 0 saturated carbocycles. The summed E-state index contributed by atoms with van der Waals surface area (Å²) in [6.07, 6.45) is -0.230. The van der Waals surface area contributed by atoms with Crippen LogP contribution in [0.2, 0.25) is 0 Å². The van der Waals surface area contributed by atoms with E-state index in [0.717, 1.165) is 36.0 Å². The number of carboxylic acid groups (broad SMARTS) is 1. The molecule has 248 valence electrons. The zero-order valence-electron chi connectivity index (χ0n) is 23.7. The average Bonchev–Trinajstić information content (AvgIpc) is 3.38. The molecule has 0 fully saturated rings. The summed E-state index contributed by atoms with van der Waals surface area (Å²) >= 11 is 1.64. The monoisotopic (exact) mass is 699 g/mol. The molecule has 0 saturated heterocycles. The van der Waals surface area contributed by atoms with Crippen molar-refractivity contribution in [2.45, 2.75) is 56.5 Å². The van der Waals surface area contributed by atoms with E-state index in [1.165, 1.54) is 4.88 Å². The predicted octanol–water partition coefficient (Wildman–Crippen LogP) is 5.14. The van der Waals surface area contributed by atoms with Crippen LogP contribution in [0.25, 0.3) is 0 Å². The number of halogens is 4. The van der Waals surface area contributed by atoms with Crippen molar-refractivity contribution in [2.75, 3.05) is 11.9 Å². The van der Waals surface area contributed by atoms with E-state index >= 15 is 0 Å². The maximum atomic E-state index is 14.3. The number of thiazole rings is 1. The number of amides is 1. The first-order valence-electron chi connectivity index (χ1n) is 13.0. The number of aryl methyl sites for hydroxylation is 1. The van der Waals surface area contributed by atoms with Crippen molar-refractivity contribution in [2.24, 2.45) is 0 Å². The van der Waals surface area contributed by atoms with Gasteiger partial charge in [-0.3, -0.25) is 4.79 Å². The Morgan fingerprint density at radius 3 is 2.22 bits per heavy atom. The van der Waals surface area contributed by atoms with Crippen LogP contribution in [0, 0.1) is 5.82 Å². The Bertz CT molecular complexity index is 1650. The number of sulfonamides is 1. The highest BCUT2D eigenvalue weighted by Gasteiger charge is 2.32. The highest BCUT2D eigenvalue weighted by molar-refractivity contribution is 7.89. The van der Waals surface area contributed by atoms with E-state index in [1.54, 1.807) is 11.3 Å². The number of aromatic nitrogens is 1. The molecule has 0 aliphatic carbocycles. The molecule has 45 heavy (non-hydrogen) atoms. The van der Waals surface area contributed by atoms with Crippen LogP contribution in [-0.2, 0) is 27.2 Å². The lowest BCUT2D eigenvalue weighted by Gasteiger charge is -2.14. The number of carbonyl (C=O) groups excluding carboxylic acids is 1. The van der Waals surface area contributed by atoms with Crippen molar-refractivity contribution in [3.63, 3.8) is 0 Å². The number of alkyl halides is 3. The van der Waals surface area contributed by atoms with Gasteiger partial charge in [-0.15, -0.1) is 11.3 Å². The molecule has 19 heteroatoms. The maximum Gasteiger partial charge on any atom is 0.466 e. The minimum atomic E-state index is -4.84. The third-order valence-corrected chi connectivity index (χ3v) is 8.68. The van der Waals surface area contributed by atoms with Gasteiger partial charge in [0, 0.05) is 17.6 Å². The lowest BCUT2D eigenvalue weighted by Crippen LogP contribution is -2.27. The van der Waals surface area contributed by atoms with E-state index in [1.807, 2.05) is 6.20 Å². The Kier molecular flexibility index (Phi) is 13.4. The summed E-state index contributed by atoms with van der Waals surface area (Å²) in [6, 6.07) is 4.11. The van der Waals surface area contributed by atoms with Crippen LogP contribution in [0.1, 0.15) is 75.2 Å². The van der Waals surface area contributed by atoms with Crippen molar-refractivity contribution in [3.05, 3.63) is 75.0 Å². The normalized spacial score (nSPS) is 12.0. The van der Waals surface area contributed by atoms with Crippen LogP contribution in [0.3, 0.4) is 0 Å². The molecule has 0 spiro atoms. The standard InChI is InChI=1S/C26H27F4N3O5S2.H3O4P/c1-15(2)21-14-31-23(39-21)6-4-3-5-11-32-40(37,38)22-10-7-16(25(35)36)12-20(22)33-24(34)18-9-8-17(13-19(18)27)26(28,29)30;1-5(2,3)4/h7-10,12-15,32H,3-6,11H2,1-2H3,(H,33,34)(H,35,36);(H3,1,2,3,4). The third-order valence-electron chi connectivity index (χ3n) is 5.81. The summed E-state index contributed by atoms with van der Waals surface area (Å²) in [5.74, 6) is -3.77. The zero-order chi connectivity index (χ0) is 34.2. The number of phosphoric acid groups is 1. The average molecular weight is 700 g/mol. The van der Waals surface area contributed by atoms with Gasteiger partial charge in [0.25, 0.3) is 5.91 Å². The number of nitrogens with one attached hydrogen (secondary N) is 2. The smallest absolute Gasteiger partial charge is 0.466 e. The van der Waals surface area contributed by atoms with Gasteiger partial charge < -0.3 is 25.1 Å². The van der Waals surface area contributed by atoms with Crippen LogP contribution in [0.4, 0.5) is 23.2 Å². The number of carboxylic acids is 1. The molecule has 3 aromatic rings. The van der Waals surface area contributed by atoms with Gasteiger partial charge in [0.15, 0.2) is 0 Å². The summed E-state index contributed by atoms with van der Waals surface area (Å²) in [5.41, 5.74) is -2.94. The highest BCUT2D eigenvalue weighted by atomic mass is 32.2. The molecule has 0 radical (unpaired) electrons. The fourth-order valence-electron chi connectivity index (χ4n) is 3.63. The molecule has 1 amide bonds. The Labute approximate surface area is 259 Å². The van der Waals surface area contributed by atoms with Gasteiger partial charge in [-0.25, -0.2) is 31.9 Å². The minimum Gasteiger partial charge on any atom is -0.478 e. The van der Waals surface area contributed by atoms with Gasteiger partial charge in [0.1, 0.15) is 10.7 Å². The number of carbonyl (C=O) groups is 2. The quantitative estimate of drug-likeness (QED) is 0.0835. The Balaban J connectivity index is 0.00000130. The number of rotatable bonds is 12. The lowest BCUT2D eigenvalue weighted by atomic mass is 10.1. The summed E-state index contributed by atoms with van der Waals surface area (Å²) in [4.78, 5) is 50.7. The van der Waals surface area contributed by atoms with E-state index in [0.29, 0.717) is 30.9 Å². The molecule has 0 unspecified atom stereocenters. The summed E-state index contributed by atoms with van der Waals surface area (Å²) in [5, 5.41) is 12.4. The van der Waals surface area contributed by atoms with E-state index in [4.69, 9.17) is 19.2 Å². The molecule has 1 aromatic heterocycles. The van der Waals surface area contributed by atoms with E-state index in [9.17, 15) is 40.7 Å². The number of hydrogen-bond donors (Lipinski definition) is 6. The largest absolute Gasteiger partial charge is 0.478 e. The fourth-order valence-corrected chi connectivity index (χ4v) is 5.81. The third kappa shape index (κ3) is 12.6. The summed E-state index contributed by atoms with van der Waals surface area (Å²) in [6.45, 7) is 4.23. The SMILES string of the molecule is CC(C)c1cnc(CCCCCNS(=O)(=O)c2ccc(C(=O)O)cc2NC(=O)c2ccc(C(F)(F)F)cc2F)s1.O=P(O)(O)O. The maximum absolute atomic E-state index is 14.3. The van der Waals surface area contributed by atoms with Crippen molar-refractivity contribution in [1.29, 1.82) is 0 Å². The van der Waals surface area contributed by atoms with Crippen molar-refractivity contribution in [3.8, 4) is 0 Å². The fraction of sp³-hybridized carbons (Fsp3) is 0.346. The topological polar surface area (TPSA) is 203 Å². The number of aromatic carboxylic acids is 1. The minimum absolute atomic E-state index is 0.0546. The number of benzene rings is 2. The molecule has 6 N–H and O–H groups in total. The molecule has 0 bridgehead atoms. The lowest BCUT2D eigenvalue weighted by molar-refractivity contribution is -0.137. The molecule has 0 atom stereocenters. The van der Waals surface area contributed by atoms with Gasteiger partial charge >= 0.3 is 20.0 Å². The van der Waals surface area contributed by atoms with Crippen LogP contribution in [-0.4, -0.2) is 51.6 Å². The van der Waals surface area contributed by atoms with Crippen LogP contribution < -0.4 is 10.0 Å². The van der Waals surface area contributed by atoms with Gasteiger partial charge in [0.05, 0.1) is 27.4 Å². The number of hydrogen-bond acceptors (Lipinski definition) is 7. The Morgan fingerprint density at radius 2 is 1.69 bits per heavy atom. The van der Waals surface area contributed by atoms with E-state index in [2.05, 4.69) is 28.9 Å². The molecule has 1 heterocycles. The predicted molar refractivity (Wildman–Crippen MR) is 156 cm³/mol. The van der Waals surface area contributed by atoms with Gasteiger partial charge in [-0.05, 0) is 61.6 Å². The van der Waals surface area contributed by atoms with Crippen LogP contribution >= 0.6 is 19.2 Å². The first-order chi connectivity index (χ1) is 20.7. The van der Waals surface area contributed by atoms with Crippen molar-refractivity contribution in [1.82, 2.24) is 9.71 Å². The van der Waals surface area contributed by atoms with Gasteiger partial charge in [-0.2, -0.15) is 13.2 Å². The van der Waals surface area contributed by atoms with Crippen molar-refractivity contribution >= 4 is 46.7 Å². The molecular formula is C26H30F4N3O9PS2. The summed E-state index contributed by atoms with van der Waals surface area (Å²) in [7, 11) is -8.89. The number of anilines is 1. The molecular weight excluding hydrogens is 669 g/mol. The second kappa shape index (κ2) is 15.8. The number of unbranched alkanes of at least 4 members (excludes halogenated alkanes) is 2. The first kappa shape index (κ1) is 37.9. The summed E-state index contributed by atoms with van der Waals surface area (Å²) < 4.78 is 90.0. The molecule has 3 rings (SSSR count). The van der Waals surface area contributed by atoms with E-state index in [-0.39, 0.29) is 18.2 Å². The van der Waals surface area contributed by atoms with Crippen LogP contribution in [0.5, 0.6) is 0 Å². The second-order valence-electron chi connectivity index (χ2n) is 9.70.